The molecule has 0 aromatic heterocycles. The predicted octanol–water partition coefficient (Wildman–Crippen LogP) is 2.97. The van der Waals surface area contributed by atoms with Crippen LogP contribution >= 0.6 is 0 Å². The summed E-state index contributed by atoms with van der Waals surface area (Å²) in [6, 6.07) is 12.5. The van der Waals surface area contributed by atoms with E-state index in [2.05, 4.69) is 0 Å². The lowest BCUT2D eigenvalue weighted by atomic mass is 10.1. The number of para-hydroxylation sites is 1. The summed E-state index contributed by atoms with van der Waals surface area (Å²) in [5, 5.41) is 0. The molecule has 1 heterocycles. The Bertz CT molecular complexity index is 823. The van der Waals surface area contributed by atoms with Gasteiger partial charge in [-0.05, 0) is 30.7 Å². The summed E-state index contributed by atoms with van der Waals surface area (Å²) >= 11 is 0. The van der Waals surface area contributed by atoms with E-state index < -0.39 is 23.9 Å². The number of hydrogen-bond acceptors (Lipinski definition) is 4. The maximum Gasteiger partial charge on any atom is 0.328 e. The summed E-state index contributed by atoms with van der Waals surface area (Å²) < 4.78 is 24.4. The van der Waals surface area contributed by atoms with Gasteiger partial charge in [-0.15, -0.1) is 0 Å². The van der Waals surface area contributed by atoms with E-state index >= 15 is 0 Å². The summed E-state index contributed by atoms with van der Waals surface area (Å²) in [5.41, 5.74) is 1.34. The van der Waals surface area contributed by atoms with Crippen LogP contribution in [0.15, 0.2) is 48.5 Å². The number of hydrogen-bond donors (Lipinski definition) is 0. The Kier molecular flexibility index (Phi) is 5.21. The predicted molar refractivity (Wildman–Crippen MR) is 93.5 cm³/mol. The number of ether oxygens (including phenoxy) is 2. The lowest BCUT2D eigenvalue weighted by molar-refractivity contribution is -0.145. The molecule has 0 N–H and O–H groups in total. The largest absolute Gasteiger partial charge is 0.485 e. The van der Waals surface area contributed by atoms with Crippen molar-refractivity contribution in [3.8, 4) is 5.75 Å². The summed E-state index contributed by atoms with van der Waals surface area (Å²) in [6.45, 7) is 2.02. The molecule has 1 aliphatic heterocycles. The second kappa shape index (κ2) is 7.56. The third-order valence-corrected chi connectivity index (χ3v) is 4.50. The van der Waals surface area contributed by atoms with Crippen molar-refractivity contribution in [1.82, 2.24) is 4.90 Å². The van der Waals surface area contributed by atoms with Crippen molar-refractivity contribution in [2.45, 2.75) is 25.5 Å². The van der Waals surface area contributed by atoms with Gasteiger partial charge in [-0.2, -0.15) is 0 Å². The molecular formula is C20H20FNO4. The zero-order chi connectivity index (χ0) is 18.7. The standard InChI is InChI=1S/C20H20FNO4/c1-13-7-3-4-8-15(13)19(23)22-12-14(11-17(22)20(24)25-2)26-18-10-6-5-9-16(18)21/h3-10,14,17H,11-12H2,1-2H3. The maximum atomic E-state index is 13.8. The van der Waals surface area contributed by atoms with Crippen LogP contribution in [0.4, 0.5) is 4.39 Å². The average molecular weight is 357 g/mol. The highest BCUT2D eigenvalue weighted by atomic mass is 19.1. The van der Waals surface area contributed by atoms with E-state index in [1.807, 2.05) is 19.1 Å². The number of carbonyl (C=O) groups excluding carboxylic acids is 2. The molecule has 0 radical (unpaired) electrons. The molecule has 0 aliphatic carbocycles. The van der Waals surface area contributed by atoms with Gasteiger partial charge in [0.2, 0.25) is 0 Å². The lowest BCUT2D eigenvalue weighted by Gasteiger charge is -2.23. The Morgan fingerprint density at radius 2 is 1.81 bits per heavy atom. The quantitative estimate of drug-likeness (QED) is 0.790. The molecule has 0 spiro atoms. The highest BCUT2D eigenvalue weighted by molar-refractivity contribution is 5.98. The molecule has 1 aliphatic rings. The molecule has 3 rings (SSSR count). The van der Waals surface area contributed by atoms with Gasteiger partial charge in [0.25, 0.3) is 5.91 Å². The summed E-state index contributed by atoms with van der Waals surface area (Å²) in [6.07, 6.45) is -0.248. The molecule has 2 aromatic carbocycles. The van der Waals surface area contributed by atoms with Crippen LogP contribution in [0.3, 0.4) is 0 Å². The van der Waals surface area contributed by atoms with Crippen LogP contribution < -0.4 is 4.74 Å². The Balaban J connectivity index is 1.83. The molecule has 0 bridgehead atoms. The number of carbonyl (C=O) groups is 2. The molecule has 5 nitrogen and oxygen atoms in total. The van der Waals surface area contributed by atoms with E-state index in [4.69, 9.17) is 9.47 Å². The second-order valence-corrected chi connectivity index (χ2v) is 6.22. The monoisotopic (exact) mass is 357 g/mol. The minimum Gasteiger partial charge on any atom is -0.485 e. The molecule has 0 saturated carbocycles. The van der Waals surface area contributed by atoms with Gasteiger partial charge in [0.15, 0.2) is 11.6 Å². The van der Waals surface area contributed by atoms with Gasteiger partial charge in [-0.3, -0.25) is 4.79 Å². The van der Waals surface area contributed by atoms with Crippen LogP contribution in [0.2, 0.25) is 0 Å². The molecule has 26 heavy (non-hydrogen) atoms. The number of halogens is 1. The molecule has 6 heteroatoms. The fourth-order valence-corrected chi connectivity index (χ4v) is 3.15. The van der Waals surface area contributed by atoms with Crippen LogP contribution in [-0.2, 0) is 9.53 Å². The molecule has 136 valence electrons. The van der Waals surface area contributed by atoms with Crippen molar-refractivity contribution >= 4 is 11.9 Å². The SMILES string of the molecule is COC(=O)C1CC(Oc2ccccc2F)CN1C(=O)c1ccccc1C. The van der Waals surface area contributed by atoms with E-state index in [9.17, 15) is 14.0 Å². The van der Waals surface area contributed by atoms with Crippen molar-refractivity contribution in [2.75, 3.05) is 13.7 Å². The maximum absolute atomic E-state index is 13.8. The van der Waals surface area contributed by atoms with Gasteiger partial charge in [0, 0.05) is 12.0 Å². The normalized spacial score (nSPS) is 19.3. The van der Waals surface area contributed by atoms with E-state index in [0.717, 1.165) is 5.56 Å². The van der Waals surface area contributed by atoms with Crippen LogP contribution in [0, 0.1) is 12.7 Å². The van der Waals surface area contributed by atoms with Crippen molar-refractivity contribution in [2.24, 2.45) is 0 Å². The minimum atomic E-state index is -0.760. The minimum absolute atomic E-state index is 0.103. The lowest BCUT2D eigenvalue weighted by Crippen LogP contribution is -2.41. The zero-order valence-electron chi connectivity index (χ0n) is 14.6. The third-order valence-electron chi connectivity index (χ3n) is 4.50. The topological polar surface area (TPSA) is 55.8 Å². The van der Waals surface area contributed by atoms with Crippen molar-refractivity contribution < 1.29 is 23.5 Å². The first kappa shape index (κ1) is 17.9. The van der Waals surface area contributed by atoms with E-state index in [-0.39, 0.29) is 24.6 Å². The Labute approximate surface area is 151 Å². The molecule has 2 aromatic rings. The van der Waals surface area contributed by atoms with Crippen molar-refractivity contribution in [3.63, 3.8) is 0 Å². The van der Waals surface area contributed by atoms with Crippen molar-refractivity contribution in [1.29, 1.82) is 0 Å². The number of likely N-dealkylation sites (tertiary alicyclic amines) is 1. The van der Waals surface area contributed by atoms with Gasteiger partial charge < -0.3 is 14.4 Å². The van der Waals surface area contributed by atoms with Crippen molar-refractivity contribution in [3.05, 3.63) is 65.5 Å². The highest BCUT2D eigenvalue weighted by Gasteiger charge is 2.42. The first-order valence-electron chi connectivity index (χ1n) is 8.37. The molecule has 1 fully saturated rings. The van der Waals surface area contributed by atoms with Gasteiger partial charge in [0.05, 0.1) is 13.7 Å². The van der Waals surface area contributed by atoms with Crippen LogP contribution in [-0.4, -0.2) is 42.6 Å². The number of aryl methyl sites for hydroxylation is 1. The first-order valence-corrected chi connectivity index (χ1v) is 8.37. The van der Waals surface area contributed by atoms with E-state index in [1.165, 1.54) is 24.1 Å². The van der Waals surface area contributed by atoms with Gasteiger partial charge in [0.1, 0.15) is 12.1 Å². The molecule has 1 saturated heterocycles. The molecule has 1 amide bonds. The Morgan fingerprint density at radius 1 is 1.12 bits per heavy atom. The Morgan fingerprint density at radius 3 is 2.50 bits per heavy atom. The number of rotatable bonds is 4. The summed E-state index contributed by atoms with van der Waals surface area (Å²) in [4.78, 5) is 26.6. The third kappa shape index (κ3) is 3.54. The van der Waals surface area contributed by atoms with Crippen LogP contribution in [0.25, 0.3) is 0 Å². The fourth-order valence-electron chi connectivity index (χ4n) is 3.15. The van der Waals surface area contributed by atoms with E-state index in [1.54, 1.807) is 24.3 Å². The number of amides is 1. The Hall–Kier alpha value is -2.89. The number of esters is 1. The smallest absolute Gasteiger partial charge is 0.328 e. The molecular weight excluding hydrogens is 337 g/mol. The highest BCUT2D eigenvalue weighted by Crippen LogP contribution is 2.27. The zero-order valence-corrected chi connectivity index (χ0v) is 14.6. The van der Waals surface area contributed by atoms with E-state index in [0.29, 0.717) is 5.56 Å². The van der Waals surface area contributed by atoms with Gasteiger partial charge in [-0.25, -0.2) is 9.18 Å². The van der Waals surface area contributed by atoms with Gasteiger partial charge in [-0.1, -0.05) is 30.3 Å². The summed E-state index contributed by atoms with van der Waals surface area (Å²) in [5.74, 6) is -1.15. The number of methoxy groups -OCH3 is 1. The second-order valence-electron chi connectivity index (χ2n) is 6.22. The number of nitrogens with zero attached hydrogens (tertiary/aromatic N) is 1. The van der Waals surface area contributed by atoms with Gasteiger partial charge >= 0.3 is 5.97 Å². The number of benzene rings is 2. The van der Waals surface area contributed by atoms with Crippen LogP contribution in [0.5, 0.6) is 5.75 Å². The molecule has 2 unspecified atom stereocenters. The average Bonchev–Trinajstić information content (AvgIpc) is 3.07. The first-order chi connectivity index (χ1) is 12.5. The molecule has 2 atom stereocenters. The summed E-state index contributed by atoms with van der Waals surface area (Å²) in [7, 11) is 1.28. The fraction of sp³-hybridized carbons (Fsp3) is 0.300. The van der Waals surface area contributed by atoms with Crippen LogP contribution in [0.1, 0.15) is 22.3 Å².